The summed E-state index contributed by atoms with van der Waals surface area (Å²) >= 11 is 1.20. The summed E-state index contributed by atoms with van der Waals surface area (Å²) in [6.07, 6.45) is -4.23. The Morgan fingerprint density at radius 3 is 2.55 bits per heavy atom. The average molecular weight is 330 g/mol. The molecule has 0 aromatic carbocycles. The van der Waals surface area contributed by atoms with E-state index in [0.29, 0.717) is 17.3 Å². The van der Waals surface area contributed by atoms with Gasteiger partial charge in [0.05, 0.1) is 4.90 Å². The monoisotopic (exact) mass is 330 g/mol. The van der Waals surface area contributed by atoms with Gasteiger partial charge in [0.1, 0.15) is 6.54 Å². The number of sulfonamides is 1. The van der Waals surface area contributed by atoms with Crippen molar-refractivity contribution in [2.75, 3.05) is 20.1 Å². The smallest absolute Gasteiger partial charge is 0.315 e. The molecule has 0 unspecified atom stereocenters. The van der Waals surface area contributed by atoms with E-state index < -0.39 is 22.7 Å². The van der Waals surface area contributed by atoms with Gasteiger partial charge in [-0.2, -0.15) is 17.5 Å². The average Bonchev–Trinajstić information content (AvgIpc) is 2.76. The summed E-state index contributed by atoms with van der Waals surface area (Å²) in [7, 11) is -2.39. The largest absolute Gasteiger partial charge is 0.402 e. The third-order valence-corrected chi connectivity index (χ3v) is 5.36. The number of thiophene rings is 1. The summed E-state index contributed by atoms with van der Waals surface area (Å²) in [6, 6.07) is 1.41. The van der Waals surface area contributed by atoms with Gasteiger partial charge >= 0.3 is 6.18 Å². The summed E-state index contributed by atoms with van der Waals surface area (Å²) in [4.78, 5) is 0.681. The zero-order chi connectivity index (χ0) is 15.4. The fraction of sp³-hybridized carbons (Fsp3) is 0.636. The van der Waals surface area contributed by atoms with Crippen LogP contribution in [0.4, 0.5) is 13.2 Å². The molecule has 0 spiro atoms. The standard InChI is InChI=1S/C11H17F3N2O2S2/c1-3-4-16(8-11(12,13)14)20(17,18)10-5-9(6-15-2)19-7-10/h5,7,15H,3-4,6,8H2,1-2H3. The molecule has 9 heteroatoms. The van der Waals surface area contributed by atoms with Crippen molar-refractivity contribution < 1.29 is 21.6 Å². The van der Waals surface area contributed by atoms with Gasteiger partial charge in [0.25, 0.3) is 0 Å². The van der Waals surface area contributed by atoms with Crippen LogP contribution in [0.3, 0.4) is 0 Å². The van der Waals surface area contributed by atoms with Gasteiger partial charge in [-0.25, -0.2) is 8.42 Å². The van der Waals surface area contributed by atoms with Crippen molar-refractivity contribution in [2.24, 2.45) is 0 Å². The number of nitrogens with one attached hydrogen (secondary N) is 1. The van der Waals surface area contributed by atoms with Crippen molar-refractivity contribution in [1.82, 2.24) is 9.62 Å². The van der Waals surface area contributed by atoms with Crippen molar-refractivity contribution in [2.45, 2.75) is 31.0 Å². The van der Waals surface area contributed by atoms with E-state index in [9.17, 15) is 21.6 Å². The molecule has 0 atom stereocenters. The molecule has 0 amide bonds. The highest BCUT2D eigenvalue weighted by molar-refractivity contribution is 7.89. The third kappa shape index (κ3) is 4.72. The maximum absolute atomic E-state index is 12.5. The molecule has 20 heavy (non-hydrogen) atoms. The summed E-state index contributed by atoms with van der Waals surface area (Å²) in [5.41, 5.74) is 0. The Morgan fingerprint density at radius 1 is 1.40 bits per heavy atom. The van der Waals surface area contributed by atoms with Gasteiger partial charge < -0.3 is 5.32 Å². The molecule has 0 fully saturated rings. The number of nitrogens with zero attached hydrogens (tertiary/aromatic N) is 1. The van der Waals surface area contributed by atoms with Gasteiger partial charge in [0.2, 0.25) is 10.0 Å². The number of halogens is 3. The Hall–Kier alpha value is -0.640. The lowest BCUT2D eigenvalue weighted by Gasteiger charge is -2.22. The lowest BCUT2D eigenvalue weighted by molar-refractivity contribution is -0.136. The van der Waals surface area contributed by atoms with E-state index in [4.69, 9.17) is 0 Å². The van der Waals surface area contributed by atoms with Crippen molar-refractivity contribution >= 4 is 21.4 Å². The Kier molecular flexibility index (Phi) is 5.99. The fourth-order valence-corrected chi connectivity index (χ4v) is 4.44. The van der Waals surface area contributed by atoms with Gasteiger partial charge in [-0.3, -0.25) is 0 Å². The Morgan fingerprint density at radius 2 is 2.05 bits per heavy atom. The van der Waals surface area contributed by atoms with Crippen molar-refractivity contribution in [1.29, 1.82) is 0 Å². The molecule has 0 saturated carbocycles. The first-order valence-corrected chi connectivity index (χ1v) is 8.31. The molecule has 0 saturated heterocycles. The molecule has 0 bridgehead atoms. The second kappa shape index (κ2) is 6.88. The van der Waals surface area contributed by atoms with Gasteiger partial charge in [-0.1, -0.05) is 6.92 Å². The maximum atomic E-state index is 12.5. The lowest BCUT2D eigenvalue weighted by atomic mass is 10.5. The normalized spacial score (nSPS) is 13.1. The van der Waals surface area contributed by atoms with Crippen LogP contribution in [-0.2, 0) is 16.6 Å². The summed E-state index contributed by atoms with van der Waals surface area (Å²) < 4.78 is 62.4. The van der Waals surface area contributed by atoms with Crippen LogP contribution in [0.1, 0.15) is 18.2 Å². The molecule has 0 aliphatic heterocycles. The molecule has 0 radical (unpaired) electrons. The van der Waals surface area contributed by atoms with E-state index >= 15 is 0 Å². The zero-order valence-electron chi connectivity index (χ0n) is 11.2. The van der Waals surface area contributed by atoms with Crippen LogP contribution < -0.4 is 5.32 Å². The first-order valence-electron chi connectivity index (χ1n) is 5.99. The second-order valence-electron chi connectivity index (χ2n) is 4.23. The van der Waals surface area contributed by atoms with Crippen LogP contribution in [0.25, 0.3) is 0 Å². The SMILES string of the molecule is CCCN(CC(F)(F)F)S(=O)(=O)c1csc(CNC)c1. The van der Waals surface area contributed by atoms with Crippen molar-refractivity contribution in [3.8, 4) is 0 Å². The van der Waals surface area contributed by atoms with Crippen molar-refractivity contribution in [3.05, 3.63) is 16.3 Å². The Bertz CT molecular complexity index is 526. The Labute approximate surface area is 120 Å². The predicted molar refractivity (Wildman–Crippen MR) is 72.2 cm³/mol. The van der Waals surface area contributed by atoms with Gasteiger partial charge in [0, 0.05) is 23.3 Å². The van der Waals surface area contributed by atoms with Crippen LogP contribution in [0, 0.1) is 0 Å². The van der Waals surface area contributed by atoms with Gasteiger partial charge in [-0.05, 0) is 19.5 Å². The van der Waals surface area contributed by atoms with E-state index in [0.717, 1.165) is 4.88 Å². The van der Waals surface area contributed by atoms with E-state index in [1.807, 2.05) is 0 Å². The van der Waals surface area contributed by atoms with Crippen LogP contribution in [0.2, 0.25) is 0 Å². The second-order valence-corrected chi connectivity index (χ2v) is 7.17. The summed E-state index contributed by atoms with van der Waals surface area (Å²) in [6.45, 7) is 0.506. The van der Waals surface area contributed by atoms with E-state index in [2.05, 4.69) is 5.32 Å². The minimum atomic E-state index is -4.55. The highest BCUT2D eigenvalue weighted by atomic mass is 32.2. The minimum Gasteiger partial charge on any atom is -0.315 e. The first kappa shape index (κ1) is 17.4. The highest BCUT2D eigenvalue weighted by Gasteiger charge is 2.36. The molecule has 0 aliphatic rings. The molecular weight excluding hydrogens is 313 g/mol. The number of alkyl halides is 3. The van der Waals surface area contributed by atoms with Crippen LogP contribution >= 0.6 is 11.3 Å². The van der Waals surface area contributed by atoms with Gasteiger partial charge in [0.15, 0.2) is 0 Å². The summed E-state index contributed by atoms with van der Waals surface area (Å²) in [5.74, 6) is 0. The third-order valence-electron chi connectivity index (χ3n) is 2.45. The topological polar surface area (TPSA) is 49.4 Å². The molecule has 1 N–H and O–H groups in total. The molecule has 0 aliphatic carbocycles. The maximum Gasteiger partial charge on any atom is 0.402 e. The van der Waals surface area contributed by atoms with E-state index in [1.165, 1.54) is 22.8 Å². The number of hydrogen-bond acceptors (Lipinski definition) is 4. The molecule has 1 rings (SSSR count). The lowest BCUT2D eigenvalue weighted by Crippen LogP contribution is -2.39. The minimum absolute atomic E-state index is 0.0783. The zero-order valence-corrected chi connectivity index (χ0v) is 12.8. The Balaban J connectivity index is 3.02. The number of hydrogen-bond donors (Lipinski definition) is 1. The van der Waals surface area contributed by atoms with Gasteiger partial charge in [-0.15, -0.1) is 11.3 Å². The predicted octanol–water partition coefficient (Wildman–Crippen LogP) is 2.43. The molecule has 1 aromatic rings. The molecule has 116 valence electrons. The molecule has 4 nitrogen and oxygen atoms in total. The quantitative estimate of drug-likeness (QED) is 0.835. The highest BCUT2D eigenvalue weighted by Crippen LogP contribution is 2.26. The van der Waals surface area contributed by atoms with Crippen LogP contribution in [0.15, 0.2) is 16.3 Å². The van der Waals surface area contributed by atoms with E-state index in [-0.39, 0.29) is 11.4 Å². The van der Waals surface area contributed by atoms with Crippen LogP contribution in [0.5, 0.6) is 0 Å². The fourth-order valence-electron chi connectivity index (χ4n) is 1.65. The molecule has 1 heterocycles. The number of rotatable bonds is 7. The van der Waals surface area contributed by atoms with Crippen LogP contribution in [-0.4, -0.2) is 39.0 Å². The molecular formula is C11H17F3N2O2S2. The van der Waals surface area contributed by atoms with Crippen molar-refractivity contribution in [3.63, 3.8) is 0 Å². The first-order chi connectivity index (χ1) is 9.20. The summed E-state index contributed by atoms with van der Waals surface area (Å²) in [5, 5.41) is 4.24. The van der Waals surface area contributed by atoms with E-state index in [1.54, 1.807) is 14.0 Å². The molecule has 1 aromatic heterocycles.